The quantitative estimate of drug-likeness (QED) is 0.893. The number of aryl methyl sites for hydroxylation is 1. The Morgan fingerprint density at radius 3 is 2.47 bits per heavy atom. The van der Waals surface area contributed by atoms with Crippen molar-refractivity contribution in [1.29, 1.82) is 0 Å². The van der Waals surface area contributed by atoms with Crippen molar-refractivity contribution in [2.45, 2.75) is 39.8 Å². The molecule has 0 bridgehead atoms. The van der Waals surface area contributed by atoms with Gasteiger partial charge in [0.2, 0.25) is 0 Å². The van der Waals surface area contributed by atoms with Crippen molar-refractivity contribution >= 4 is 0 Å². The van der Waals surface area contributed by atoms with E-state index in [4.69, 9.17) is 0 Å². The molecule has 2 aromatic rings. The Morgan fingerprint density at radius 1 is 1.05 bits per heavy atom. The van der Waals surface area contributed by atoms with Crippen LogP contribution in [-0.4, -0.2) is 9.97 Å². The summed E-state index contributed by atoms with van der Waals surface area (Å²) in [5.74, 6) is 1.40. The molecule has 3 rings (SSSR count). The van der Waals surface area contributed by atoms with Crippen molar-refractivity contribution in [2.75, 3.05) is 0 Å². The standard InChI is InChI=1S/C16H19N3/c1-10(2)12-4-6-13(7-5-12)16-18-11(3)14-8-17-9-15(14)19-16/h4-7,10,17H,8-9H2,1-3H3. The summed E-state index contributed by atoms with van der Waals surface area (Å²) in [6.07, 6.45) is 0. The maximum absolute atomic E-state index is 4.69. The summed E-state index contributed by atoms with van der Waals surface area (Å²) in [6.45, 7) is 8.23. The molecule has 0 spiro atoms. The lowest BCUT2D eigenvalue weighted by Crippen LogP contribution is -2.00. The predicted molar refractivity (Wildman–Crippen MR) is 76.8 cm³/mol. The van der Waals surface area contributed by atoms with E-state index < -0.39 is 0 Å². The first kappa shape index (κ1) is 12.3. The van der Waals surface area contributed by atoms with E-state index in [1.807, 2.05) is 0 Å². The summed E-state index contributed by atoms with van der Waals surface area (Å²) >= 11 is 0. The van der Waals surface area contributed by atoms with E-state index in [-0.39, 0.29) is 0 Å². The zero-order valence-electron chi connectivity index (χ0n) is 11.7. The molecule has 1 aromatic carbocycles. The Morgan fingerprint density at radius 2 is 1.79 bits per heavy atom. The zero-order chi connectivity index (χ0) is 13.4. The number of nitrogens with zero attached hydrogens (tertiary/aromatic N) is 2. The fourth-order valence-corrected chi connectivity index (χ4v) is 2.48. The number of hydrogen-bond acceptors (Lipinski definition) is 3. The van der Waals surface area contributed by atoms with Gasteiger partial charge in [-0.3, -0.25) is 0 Å². The number of fused-ring (bicyclic) bond motifs is 1. The van der Waals surface area contributed by atoms with E-state index in [0.29, 0.717) is 5.92 Å². The third-order valence-corrected chi connectivity index (χ3v) is 3.73. The first-order valence-corrected chi connectivity index (χ1v) is 6.82. The number of nitrogens with one attached hydrogen (secondary N) is 1. The van der Waals surface area contributed by atoms with Gasteiger partial charge in [0.15, 0.2) is 5.82 Å². The summed E-state index contributed by atoms with van der Waals surface area (Å²) < 4.78 is 0. The van der Waals surface area contributed by atoms with Crippen LogP contribution in [0.5, 0.6) is 0 Å². The first-order chi connectivity index (χ1) is 9.15. The van der Waals surface area contributed by atoms with Gasteiger partial charge in [-0.15, -0.1) is 0 Å². The smallest absolute Gasteiger partial charge is 0.159 e. The molecule has 0 fully saturated rings. The number of rotatable bonds is 2. The van der Waals surface area contributed by atoms with E-state index in [1.54, 1.807) is 0 Å². The highest BCUT2D eigenvalue weighted by molar-refractivity contribution is 5.56. The summed E-state index contributed by atoms with van der Waals surface area (Å²) in [7, 11) is 0. The van der Waals surface area contributed by atoms with Gasteiger partial charge in [0.1, 0.15) is 0 Å². The van der Waals surface area contributed by atoms with Gasteiger partial charge in [-0.2, -0.15) is 0 Å². The molecule has 0 saturated carbocycles. The maximum Gasteiger partial charge on any atom is 0.159 e. The van der Waals surface area contributed by atoms with E-state index in [0.717, 1.165) is 35.9 Å². The highest BCUT2D eigenvalue weighted by Crippen LogP contribution is 2.23. The molecule has 1 aromatic heterocycles. The highest BCUT2D eigenvalue weighted by Gasteiger charge is 2.17. The van der Waals surface area contributed by atoms with Crippen LogP contribution >= 0.6 is 0 Å². The van der Waals surface area contributed by atoms with Crippen LogP contribution in [0, 0.1) is 6.92 Å². The van der Waals surface area contributed by atoms with Crippen molar-refractivity contribution in [1.82, 2.24) is 15.3 Å². The second-order valence-corrected chi connectivity index (χ2v) is 5.44. The van der Waals surface area contributed by atoms with Crippen LogP contribution in [0.4, 0.5) is 0 Å². The largest absolute Gasteiger partial charge is 0.307 e. The van der Waals surface area contributed by atoms with E-state index in [2.05, 4.69) is 60.3 Å². The van der Waals surface area contributed by atoms with Crippen molar-refractivity contribution in [3.05, 3.63) is 46.8 Å². The summed E-state index contributed by atoms with van der Waals surface area (Å²) in [6, 6.07) is 8.59. The molecule has 0 atom stereocenters. The molecule has 2 heterocycles. The molecule has 1 aliphatic heterocycles. The zero-order valence-corrected chi connectivity index (χ0v) is 11.7. The molecule has 0 aliphatic carbocycles. The van der Waals surface area contributed by atoms with Crippen LogP contribution in [0.25, 0.3) is 11.4 Å². The molecule has 0 radical (unpaired) electrons. The van der Waals surface area contributed by atoms with Crippen LogP contribution in [0.15, 0.2) is 24.3 Å². The molecule has 98 valence electrons. The van der Waals surface area contributed by atoms with Crippen LogP contribution in [-0.2, 0) is 13.1 Å². The van der Waals surface area contributed by atoms with Crippen LogP contribution in [0.3, 0.4) is 0 Å². The lowest BCUT2D eigenvalue weighted by molar-refractivity contribution is 0.757. The third kappa shape index (κ3) is 2.26. The second-order valence-electron chi connectivity index (χ2n) is 5.44. The SMILES string of the molecule is Cc1nc(-c2ccc(C(C)C)cc2)nc2c1CNC2. The van der Waals surface area contributed by atoms with Crippen LogP contribution in [0.2, 0.25) is 0 Å². The molecule has 1 N–H and O–H groups in total. The van der Waals surface area contributed by atoms with Gasteiger partial charge >= 0.3 is 0 Å². The summed E-state index contributed by atoms with van der Waals surface area (Å²) in [5.41, 5.74) is 5.96. The molecule has 1 aliphatic rings. The van der Waals surface area contributed by atoms with Gasteiger partial charge < -0.3 is 5.32 Å². The summed E-state index contributed by atoms with van der Waals surface area (Å²) in [4.78, 5) is 9.32. The van der Waals surface area contributed by atoms with Gasteiger partial charge in [0.25, 0.3) is 0 Å². The minimum Gasteiger partial charge on any atom is -0.307 e. The van der Waals surface area contributed by atoms with Crippen molar-refractivity contribution in [2.24, 2.45) is 0 Å². The second kappa shape index (κ2) is 4.74. The van der Waals surface area contributed by atoms with Crippen LogP contribution in [0.1, 0.15) is 42.3 Å². The lowest BCUT2D eigenvalue weighted by atomic mass is 10.0. The topological polar surface area (TPSA) is 37.8 Å². The number of benzene rings is 1. The van der Waals surface area contributed by atoms with E-state index in [9.17, 15) is 0 Å². The minimum absolute atomic E-state index is 0.556. The van der Waals surface area contributed by atoms with Crippen molar-refractivity contribution < 1.29 is 0 Å². The lowest BCUT2D eigenvalue weighted by Gasteiger charge is -2.08. The van der Waals surface area contributed by atoms with Gasteiger partial charge in [-0.1, -0.05) is 38.1 Å². The average Bonchev–Trinajstić information content (AvgIpc) is 2.87. The Kier molecular flexibility index (Phi) is 3.07. The first-order valence-electron chi connectivity index (χ1n) is 6.82. The molecule has 0 unspecified atom stereocenters. The fraction of sp³-hybridized carbons (Fsp3) is 0.375. The molecule has 3 heteroatoms. The average molecular weight is 253 g/mol. The Labute approximate surface area is 114 Å². The van der Waals surface area contributed by atoms with Crippen LogP contribution < -0.4 is 5.32 Å². The summed E-state index contributed by atoms with van der Waals surface area (Å²) in [5, 5.41) is 3.33. The Hall–Kier alpha value is -1.74. The Balaban J connectivity index is 2.00. The van der Waals surface area contributed by atoms with Gasteiger partial charge in [-0.25, -0.2) is 9.97 Å². The molecule has 0 saturated heterocycles. The molecule has 3 nitrogen and oxygen atoms in total. The molecular formula is C16H19N3. The number of hydrogen-bond donors (Lipinski definition) is 1. The predicted octanol–water partition coefficient (Wildman–Crippen LogP) is 3.18. The number of aromatic nitrogens is 2. The molecule has 19 heavy (non-hydrogen) atoms. The van der Waals surface area contributed by atoms with Gasteiger partial charge in [0.05, 0.1) is 5.69 Å². The molecular weight excluding hydrogens is 234 g/mol. The minimum atomic E-state index is 0.556. The highest BCUT2D eigenvalue weighted by atomic mass is 15.0. The van der Waals surface area contributed by atoms with Gasteiger partial charge in [0, 0.05) is 29.9 Å². The maximum atomic E-state index is 4.69. The van der Waals surface area contributed by atoms with Crippen molar-refractivity contribution in [3.63, 3.8) is 0 Å². The normalized spacial score (nSPS) is 13.9. The van der Waals surface area contributed by atoms with E-state index >= 15 is 0 Å². The Bertz CT molecular complexity index is 600. The van der Waals surface area contributed by atoms with E-state index in [1.165, 1.54) is 11.1 Å². The van der Waals surface area contributed by atoms with Crippen molar-refractivity contribution in [3.8, 4) is 11.4 Å². The fourth-order valence-electron chi connectivity index (χ4n) is 2.48. The third-order valence-electron chi connectivity index (χ3n) is 3.73. The van der Waals surface area contributed by atoms with Gasteiger partial charge in [-0.05, 0) is 18.4 Å². The monoisotopic (exact) mass is 253 g/mol. The molecule has 0 amide bonds.